The number of carbonyl (C=O) groups excluding carboxylic acids is 1. The third-order valence-electron chi connectivity index (χ3n) is 7.26. The van der Waals surface area contributed by atoms with Crippen LogP contribution in [-0.4, -0.2) is 38.7 Å². The van der Waals surface area contributed by atoms with E-state index in [9.17, 15) is 18.0 Å². The van der Waals surface area contributed by atoms with Crippen LogP contribution in [0, 0.1) is 6.92 Å². The quantitative estimate of drug-likeness (QED) is 0.344. The zero-order valence-electron chi connectivity index (χ0n) is 23.2. The van der Waals surface area contributed by atoms with Crippen molar-refractivity contribution < 1.29 is 18.0 Å². The minimum Gasteiger partial charge on any atom is -0.341 e. The minimum atomic E-state index is -4.52. The molecular weight excluding hydrogens is 509 g/mol. The molecule has 0 aliphatic carbocycles. The predicted molar refractivity (Wildman–Crippen MR) is 145 cm³/mol. The number of nitrogens with zero attached hydrogens (tertiary/aromatic N) is 4. The zero-order valence-corrected chi connectivity index (χ0v) is 24.1. The topological polar surface area (TPSA) is 51.0 Å². The molecule has 1 aliphatic rings. The highest BCUT2D eigenvalue weighted by molar-refractivity contribution is 7.13. The van der Waals surface area contributed by atoms with Crippen molar-refractivity contribution >= 4 is 17.2 Å². The number of aromatic nitrogens is 3. The van der Waals surface area contributed by atoms with E-state index >= 15 is 0 Å². The molecule has 4 rings (SSSR count). The van der Waals surface area contributed by atoms with Crippen LogP contribution in [0.4, 0.5) is 13.2 Å². The van der Waals surface area contributed by atoms with Crippen molar-refractivity contribution in [3.05, 3.63) is 57.9 Å². The van der Waals surface area contributed by atoms with Crippen molar-refractivity contribution in [2.45, 2.75) is 90.8 Å². The van der Waals surface area contributed by atoms with Crippen molar-refractivity contribution in [1.29, 1.82) is 0 Å². The molecular formula is C29H37F3N4OS. The van der Waals surface area contributed by atoms with Gasteiger partial charge in [0.2, 0.25) is 5.91 Å². The summed E-state index contributed by atoms with van der Waals surface area (Å²) in [6.07, 6.45) is -2.97. The summed E-state index contributed by atoms with van der Waals surface area (Å²) < 4.78 is 40.0. The molecule has 9 heteroatoms. The SMILES string of the molecule is Cc1cc(C(F)(F)F)nn1CC(=O)N1CCC(c2csc(-c3cc(C(C)(C)C)cc(C(C)(C)C)c3)n2)CC1. The molecule has 0 atom stereocenters. The largest absolute Gasteiger partial charge is 0.435 e. The van der Waals surface area contributed by atoms with E-state index in [0.717, 1.165) is 39.9 Å². The molecule has 2 aromatic heterocycles. The highest BCUT2D eigenvalue weighted by Gasteiger charge is 2.35. The van der Waals surface area contributed by atoms with E-state index < -0.39 is 11.9 Å². The molecule has 206 valence electrons. The second-order valence-electron chi connectivity index (χ2n) is 12.4. The Morgan fingerprint density at radius 3 is 2.05 bits per heavy atom. The van der Waals surface area contributed by atoms with Crippen molar-refractivity contribution in [3.63, 3.8) is 0 Å². The van der Waals surface area contributed by atoms with Gasteiger partial charge in [-0.05, 0) is 59.9 Å². The van der Waals surface area contributed by atoms with Crippen LogP contribution in [0.25, 0.3) is 10.6 Å². The molecule has 0 spiro atoms. The number of hydrogen-bond donors (Lipinski definition) is 0. The highest BCUT2D eigenvalue weighted by atomic mass is 32.1. The van der Waals surface area contributed by atoms with Gasteiger partial charge in [0.05, 0.1) is 5.69 Å². The van der Waals surface area contributed by atoms with Crippen molar-refractivity contribution in [2.24, 2.45) is 0 Å². The fourth-order valence-electron chi connectivity index (χ4n) is 4.68. The Bertz CT molecular complexity index is 1270. The lowest BCUT2D eigenvalue weighted by Gasteiger charge is -2.31. The van der Waals surface area contributed by atoms with Crippen LogP contribution in [0.3, 0.4) is 0 Å². The maximum atomic E-state index is 13.0. The van der Waals surface area contributed by atoms with Gasteiger partial charge < -0.3 is 4.90 Å². The van der Waals surface area contributed by atoms with Crippen molar-refractivity contribution in [1.82, 2.24) is 19.7 Å². The van der Waals surface area contributed by atoms with Crippen LogP contribution in [-0.2, 0) is 28.3 Å². The van der Waals surface area contributed by atoms with Crippen LogP contribution < -0.4 is 0 Å². The molecule has 0 saturated carbocycles. The van der Waals surface area contributed by atoms with Crippen LogP contribution in [0.5, 0.6) is 0 Å². The molecule has 3 heterocycles. The van der Waals surface area contributed by atoms with Crippen LogP contribution in [0.2, 0.25) is 0 Å². The van der Waals surface area contributed by atoms with Crippen molar-refractivity contribution in [3.8, 4) is 10.6 Å². The van der Waals surface area contributed by atoms with Crippen molar-refractivity contribution in [2.75, 3.05) is 13.1 Å². The first-order valence-corrected chi connectivity index (χ1v) is 13.9. The van der Waals surface area contributed by atoms with Gasteiger partial charge in [-0.1, -0.05) is 47.6 Å². The molecule has 0 radical (unpaired) electrons. The number of rotatable bonds is 4. The molecule has 3 aromatic rings. The average molecular weight is 547 g/mol. The number of benzene rings is 1. The van der Waals surface area contributed by atoms with Gasteiger partial charge >= 0.3 is 6.18 Å². The lowest BCUT2D eigenvalue weighted by molar-refractivity contribution is -0.142. The van der Waals surface area contributed by atoms with E-state index in [-0.39, 0.29) is 29.2 Å². The first-order chi connectivity index (χ1) is 17.5. The summed E-state index contributed by atoms with van der Waals surface area (Å²) in [5.41, 5.74) is 4.17. The number of alkyl halides is 3. The maximum Gasteiger partial charge on any atom is 0.435 e. The van der Waals surface area contributed by atoms with Gasteiger partial charge in [0.25, 0.3) is 0 Å². The number of thiazole rings is 1. The van der Waals surface area contributed by atoms with E-state index in [1.165, 1.54) is 18.1 Å². The number of carbonyl (C=O) groups is 1. The second kappa shape index (κ2) is 10.1. The summed E-state index contributed by atoms with van der Waals surface area (Å²) >= 11 is 1.65. The lowest BCUT2D eigenvalue weighted by Crippen LogP contribution is -2.40. The monoisotopic (exact) mass is 546 g/mol. The standard InChI is InChI=1S/C29H37F3N4OS/c1-18-12-24(29(30,31)32)34-36(18)16-25(37)35-10-8-19(9-11-35)23-17-38-26(33-23)20-13-21(27(2,3)4)15-22(14-20)28(5,6)7/h12-15,17,19H,8-11,16H2,1-7H3. The lowest BCUT2D eigenvalue weighted by atomic mass is 9.79. The summed E-state index contributed by atoms with van der Waals surface area (Å²) in [7, 11) is 0. The number of amides is 1. The van der Waals surface area contributed by atoms with Crippen LogP contribution >= 0.6 is 11.3 Å². The Morgan fingerprint density at radius 2 is 1.55 bits per heavy atom. The Labute approximate surface area is 227 Å². The maximum absolute atomic E-state index is 13.0. The fourth-order valence-corrected chi connectivity index (χ4v) is 5.57. The molecule has 5 nitrogen and oxygen atoms in total. The van der Waals surface area contributed by atoms with Gasteiger partial charge in [-0.25, -0.2) is 4.98 Å². The summed E-state index contributed by atoms with van der Waals surface area (Å²) in [4.78, 5) is 19.5. The Balaban J connectivity index is 1.44. The van der Waals surface area contributed by atoms with Gasteiger partial charge in [0.1, 0.15) is 11.6 Å². The number of piperidine rings is 1. The summed E-state index contributed by atoms with van der Waals surface area (Å²) in [6, 6.07) is 7.78. The number of halogens is 3. The predicted octanol–water partition coefficient (Wildman–Crippen LogP) is 7.34. The summed E-state index contributed by atoms with van der Waals surface area (Å²) in [5.74, 6) is 0.0382. The number of likely N-dealkylation sites (tertiary alicyclic amines) is 1. The van der Waals surface area contributed by atoms with E-state index in [1.807, 2.05) is 0 Å². The molecule has 0 unspecified atom stereocenters. The van der Waals surface area contributed by atoms with Gasteiger partial charge in [0.15, 0.2) is 5.69 Å². The Morgan fingerprint density at radius 1 is 0.974 bits per heavy atom. The molecule has 1 amide bonds. The van der Waals surface area contributed by atoms with Gasteiger partial charge in [-0.3, -0.25) is 9.48 Å². The molecule has 1 fully saturated rings. The third kappa shape index (κ3) is 6.30. The van der Waals surface area contributed by atoms with Gasteiger partial charge in [0, 0.05) is 35.6 Å². The highest BCUT2D eigenvalue weighted by Crippen LogP contribution is 2.37. The Kier molecular flexibility index (Phi) is 7.55. The fraction of sp³-hybridized carbons (Fsp3) is 0.552. The van der Waals surface area contributed by atoms with E-state index in [1.54, 1.807) is 16.2 Å². The average Bonchev–Trinajstić information content (AvgIpc) is 3.45. The summed E-state index contributed by atoms with van der Waals surface area (Å²) in [5, 5.41) is 6.72. The molecule has 0 bridgehead atoms. The third-order valence-corrected chi connectivity index (χ3v) is 8.17. The Hall–Kier alpha value is -2.68. The minimum absolute atomic E-state index is 0.0263. The van der Waals surface area contributed by atoms with Gasteiger partial charge in [-0.15, -0.1) is 11.3 Å². The van der Waals surface area contributed by atoms with Gasteiger partial charge in [-0.2, -0.15) is 18.3 Å². The van der Waals surface area contributed by atoms with E-state index in [2.05, 4.69) is 70.2 Å². The van der Waals surface area contributed by atoms with Crippen LogP contribution in [0.1, 0.15) is 88.5 Å². The van der Waals surface area contributed by atoms with Crippen LogP contribution in [0.15, 0.2) is 29.6 Å². The normalized spacial score (nSPS) is 15.8. The van der Waals surface area contributed by atoms with E-state index in [4.69, 9.17) is 4.98 Å². The van der Waals surface area contributed by atoms with E-state index in [0.29, 0.717) is 18.8 Å². The second-order valence-corrected chi connectivity index (χ2v) is 13.2. The molecule has 0 N–H and O–H groups in total. The first kappa shape index (κ1) is 28.3. The number of aryl methyl sites for hydroxylation is 1. The summed E-state index contributed by atoms with van der Waals surface area (Å²) in [6.45, 7) is 15.8. The molecule has 1 aromatic carbocycles. The smallest absolute Gasteiger partial charge is 0.341 e. The molecule has 38 heavy (non-hydrogen) atoms. The molecule has 1 aliphatic heterocycles. The zero-order chi connectivity index (χ0) is 28.0. The first-order valence-electron chi connectivity index (χ1n) is 13.0. The molecule has 1 saturated heterocycles. The number of hydrogen-bond acceptors (Lipinski definition) is 4.